The van der Waals surface area contributed by atoms with Crippen LogP contribution in [0.15, 0.2) is 70.0 Å². The van der Waals surface area contributed by atoms with Crippen molar-refractivity contribution in [3.63, 3.8) is 0 Å². The van der Waals surface area contributed by atoms with E-state index < -0.39 is 11.7 Å². The Balaban J connectivity index is 1.57. The molecule has 3 aromatic carbocycles. The monoisotopic (exact) mass is 596 g/mol. The van der Waals surface area contributed by atoms with E-state index in [9.17, 15) is 14.0 Å². The van der Waals surface area contributed by atoms with Gasteiger partial charge in [0.15, 0.2) is 15.8 Å². The topological polar surface area (TPSA) is 67.9 Å². The van der Waals surface area contributed by atoms with Crippen molar-refractivity contribution in [2.24, 2.45) is 0 Å². The molecule has 2 amide bonds. The number of terminal acetylenes is 1. The second-order valence-electron chi connectivity index (χ2n) is 7.56. The van der Waals surface area contributed by atoms with Crippen LogP contribution in [0.1, 0.15) is 15.9 Å². The molecule has 3 aromatic rings. The van der Waals surface area contributed by atoms with Gasteiger partial charge in [-0.25, -0.2) is 4.39 Å². The zero-order valence-corrected chi connectivity index (χ0v) is 22.5. The van der Waals surface area contributed by atoms with Crippen LogP contribution in [0.2, 0.25) is 0 Å². The summed E-state index contributed by atoms with van der Waals surface area (Å²) in [5.74, 6) is 2.19. The molecule has 0 spiro atoms. The summed E-state index contributed by atoms with van der Waals surface area (Å²) in [6.45, 7) is 0.0773. The van der Waals surface area contributed by atoms with E-state index in [0.717, 1.165) is 11.8 Å². The standard InChI is InChI=1S/C27H18BrFN2O4S2/c1-3-11-35-24-21(28)12-16(13-22(24)34-2)14-23-26(33)31(27(36)37-23)20-6-4-5-17(15-20)25(32)30-19-9-7-18(29)8-10-19/h1,4-10,12-15H,11H2,2H3,(H,30,32)/b23-14+. The third-order valence-electron chi connectivity index (χ3n) is 5.11. The van der Waals surface area contributed by atoms with Gasteiger partial charge in [0, 0.05) is 11.3 Å². The van der Waals surface area contributed by atoms with Crippen LogP contribution >= 0.6 is 39.9 Å². The zero-order valence-electron chi connectivity index (χ0n) is 19.3. The number of thiocarbonyl (C=S) groups is 1. The minimum absolute atomic E-state index is 0.0773. The van der Waals surface area contributed by atoms with E-state index in [1.165, 1.54) is 36.3 Å². The van der Waals surface area contributed by atoms with Gasteiger partial charge in [0.1, 0.15) is 12.4 Å². The van der Waals surface area contributed by atoms with E-state index in [0.29, 0.717) is 47.7 Å². The predicted molar refractivity (Wildman–Crippen MR) is 151 cm³/mol. The van der Waals surface area contributed by atoms with Gasteiger partial charge in [-0.05, 0) is 82.2 Å². The Kier molecular flexibility index (Phi) is 8.28. The quantitative estimate of drug-likeness (QED) is 0.197. The molecule has 0 radical (unpaired) electrons. The van der Waals surface area contributed by atoms with Crippen molar-refractivity contribution in [1.29, 1.82) is 0 Å². The molecule has 37 heavy (non-hydrogen) atoms. The van der Waals surface area contributed by atoms with E-state index in [2.05, 4.69) is 27.2 Å². The molecule has 0 bridgehead atoms. The highest BCUT2D eigenvalue weighted by Crippen LogP contribution is 2.40. The summed E-state index contributed by atoms with van der Waals surface area (Å²) < 4.78 is 25.0. The second-order valence-corrected chi connectivity index (χ2v) is 10.1. The van der Waals surface area contributed by atoms with Gasteiger partial charge in [-0.2, -0.15) is 0 Å². The number of thioether (sulfide) groups is 1. The molecule has 4 rings (SSSR count). The number of amides is 2. The number of benzene rings is 3. The number of rotatable bonds is 7. The summed E-state index contributed by atoms with van der Waals surface area (Å²) in [5, 5.41) is 2.70. The van der Waals surface area contributed by atoms with Crippen LogP contribution in [-0.4, -0.2) is 29.9 Å². The molecule has 1 N–H and O–H groups in total. The maximum absolute atomic E-state index is 13.3. The van der Waals surface area contributed by atoms with Crippen LogP contribution < -0.4 is 19.7 Å². The second kappa shape index (κ2) is 11.6. The van der Waals surface area contributed by atoms with Gasteiger partial charge in [0.05, 0.1) is 22.2 Å². The lowest BCUT2D eigenvalue weighted by Gasteiger charge is -2.15. The summed E-state index contributed by atoms with van der Waals surface area (Å²) >= 11 is 10.1. The van der Waals surface area contributed by atoms with Crippen molar-refractivity contribution < 1.29 is 23.5 Å². The number of hydrogen-bond donors (Lipinski definition) is 1. The van der Waals surface area contributed by atoms with Crippen LogP contribution in [0.5, 0.6) is 11.5 Å². The molecule has 0 aromatic heterocycles. The Morgan fingerprint density at radius 2 is 2.00 bits per heavy atom. The van der Waals surface area contributed by atoms with Crippen LogP contribution in [-0.2, 0) is 4.79 Å². The molecule has 186 valence electrons. The van der Waals surface area contributed by atoms with Crippen LogP contribution in [0.4, 0.5) is 15.8 Å². The van der Waals surface area contributed by atoms with Gasteiger partial charge in [-0.3, -0.25) is 14.5 Å². The maximum Gasteiger partial charge on any atom is 0.270 e. The lowest BCUT2D eigenvalue weighted by molar-refractivity contribution is -0.113. The first-order valence-electron chi connectivity index (χ1n) is 10.7. The van der Waals surface area contributed by atoms with Crippen molar-refractivity contribution >= 4 is 73.5 Å². The maximum atomic E-state index is 13.3. The molecule has 1 fully saturated rings. The highest BCUT2D eigenvalue weighted by Gasteiger charge is 2.33. The van der Waals surface area contributed by atoms with Gasteiger partial charge in [-0.1, -0.05) is 36.0 Å². The molecule has 0 unspecified atom stereocenters. The van der Waals surface area contributed by atoms with E-state index in [1.54, 1.807) is 42.5 Å². The Hall–Kier alpha value is -3.65. The summed E-state index contributed by atoms with van der Waals surface area (Å²) in [6.07, 6.45) is 6.98. The van der Waals surface area contributed by atoms with Crippen molar-refractivity contribution in [2.45, 2.75) is 0 Å². The molecular formula is C27H18BrFN2O4S2. The number of carbonyl (C=O) groups is 2. The highest BCUT2D eigenvalue weighted by molar-refractivity contribution is 9.10. The van der Waals surface area contributed by atoms with E-state index >= 15 is 0 Å². The molecular weight excluding hydrogens is 579 g/mol. The molecule has 0 aliphatic carbocycles. The van der Waals surface area contributed by atoms with Gasteiger partial charge in [0.25, 0.3) is 11.8 Å². The third-order valence-corrected chi connectivity index (χ3v) is 7.00. The zero-order chi connectivity index (χ0) is 26.5. The minimum atomic E-state index is -0.404. The molecule has 1 heterocycles. The number of anilines is 2. The lowest BCUT2D eigenvalue weighted by Crippen LogP contribution is -2.27. The minimum Gasteiger partial charge on any atom is -0.493 e. The molecule has 10 heteroatoms. The number of carbonyl (C=O) groups excluding carboxylic acids is 2. The number of hydrogen-bond acceptors (Lipinski definition) is 6. The summed E-state index contributed by atoms with van der Waals surface area (Å²) in [7, 11) is 1.51. The largest absolute Gasteiger partial charge is 0.493 e. The van der Waals surface area contributed by atoms with Gasteiger partial charge >= 0.3 is 0 Å². The molecule has 1 aliphatic heterocycles. The van der Waals surface area contributed by atoms with Crippen molar-refractivity contribution in [3.05, 3.63) is 87.0 Å². The Labute approximate surface area is 231 Å². The Bertz CT molecular complexity index is 1470. The normalized spacial score (nSPS) is 14.0. The third kappa shape index (κ3) is 6.02. The SMILES string of the molecule is C#CCOc1c(Br)cc(/C=C2/SC(=S)N(c3cccc(C(=O)Nc4ccc(F)cc4)c3)C2=O)cc1OC. The first-order chi connectivity index (χ1) is 17.8. The predicted octanol–water partition coefficient (Wildman–Crippen LogP) is 6.27. The lowest BCUT2D eigenvalue weighted by atomic mass is 10.1. The average Bonchev–Trinajstić information content (AvgIpc) is 3.16. The number of nitrogens with one attached hydrogen (secondary N) is 1. The smallest absolute Gasteiger partial charge is 0.270 e. The Morgan fingerprint density at radius 1 is 1.24 bits per heavy atom. The van der Waals surface area contributed by atoms with E-state index in [-0.39, 0.29) is 12.5 Å². The van der Waals surface area contributed by atoms with Crippen molar-refractivity contribution in [2.75, 3.05) is 23.9 Å². The first kappa shape index (κ1) is 26.4. The van der Waals surface area contributed by atoms with Crippen LogP contribution in [0.3, 0.4) is 0 Å². The van der Waals surface area contributed by atoms with E-state index in [1.807, 2.05) is 0 Å². The molecule has 6 nitrogen and oxygen atoms in total. The number of halogens is 2. The van der Waals surface area contributed by atoms with Crippen molar-refractivity contribution in [1.82, 2.24) is 0 Å². The fourth-order valence-electron chi connectivity index (χ4n) is 3.44. The summed E-state index contributed by atoms with van der Waals surface area (Å²) in [5.41, 5.74) is 1.90. The van der Waals surface area contributed by atoms with Crippen molar-refractivity contribution in [3.8, 4) is 23.8 Å². The molecule has 1 aliphatic rings. The van der Waals surface area contributed by atoms with Crippen LogP contribution in [0, 0.1) is 18.2 Å². The average molecular weight is 597 g/mol. The highest BCUT2D eigenvalue weighted by atomic mass is 79.9. The van der Waals surface area contributed by atoms with E-state index in [4.69, 9.17) is 28.1 Å². The summed E-state index contributed by atoms with van der Waals surface area (Å²) in [6, 6.07) is 15.5. The Morgan fingerprint density at radius 3 is 2.70 bits per heavy atom. The molecule has 1 saturated heterocycles. The fourth-order valence-corrected chi connectivity index (χ4v) is 5.31. The van der Waals surface area contributed by atoms with Gasteiger partial charge in [-0.15, -0.1) is 6.42 Å². The number of methoxy groups -OCH3 is 1. The molecule has 0 saturated carbocycles. The number of nitrogens with zero attached hydrogens (tertiary/aromatic N) is 1. The van der Waals surface area contributed by atoms with Gasteiger partial charge in [0.2, 0.25) is 0 Å². The van der Waals surface area contributed by atoms with Crippen LogP contribution in [0.25, 0.3) is 6.08 Å². The summed E-state index contributed by atoms with van der Waals surface area (Å²) in [4.78, 5) is 27.8. The van der Waals surface area contributed by atoms with Gasteiger partial charge < -0.3 is 14.8 Å². The first-order valence-corrected chi connectivity index (χ1v) is 12.7. The fraction of sp³-hybridized carbons (Fsp3) is 0.0741. The number of ether oxygens (including phenoxy) is 2. The molecule has 0 atom stereocenters.